The highest BCUT2D eigenvalue weighted by Crippen LogP contribution is 2.32. The maximum atomic E-state index is 13.3. The molecular formula is C23H29N3O2S. The van der Waals surface area contributed by atoms with Crippen molar-refractivity contribution in [2.45, 2.75) is 27.2 Å². The van der Waals surface area contributed by atoms with E-state index in [1.54, 1.807) is 11.3 Å². The Balaban J connectivity index is 1.92. The molecule has 2 aromatic carbocycles. The Hall–Kier alpha value is -2.44. The van der Waals surface area contributed by atoms with Crippen molar-refractivity contribution in [3.05, 3.63) is 53.1 Å². The van der Waals surface area contributed by atoms with E-state index in [0.717, 1.165) is 34.1 Å². The molecule has 0 spiro atoms. The molecule has 1 aromatic heterocycles. The molecule has 1 amide bonds. The zero-order chi connectivity index (χ0) is 21.0. The lowest BCUT2D eigenvalue weighted by Crippen LogP contribution is -2.33. The molecule has 0 atom stereocenters. The largest absolute Gasteiger partial charge is 0.494 e. The Morgan fingerprint density at radius 1 is 1.07 bits per heavy atom. The van der Waals surface area contributed by atoms with Crippen LogP contribution in [0.15, 0.2) is 36.4 Å². The summed E-state index contributed by atoms with van der Waals surface area (Å²) in [6, 6.07) is 11.6. The van der Waals surface area contributed by atoms with Crippen molar-refractivity contribution >= 4 is 32.6 Å². The van der Waals surface area contributed by atoms with E-state index in [4.69, 9.17) is 9.72 Å². The molecule has 0 bridgehead atoms. The number of anilines is 1. The highest BCUT2D eigenvalue weighted by molar-refractivity contribution is 7.22. The summed E-state index contributed by atoms with van der Waals surface area (Å²) in [4.78, 5) is 22.1. The van der Waals surface area contributed by atoms with Crippen LogP contribution in [0.25, 0.3) is 10.2 Å². The van der Waals surface area contributed by atoms with Crippen LogP contribution in [-0.2, 0) is 0 Å². The quantitative estimate of drug-likeness (QED) is 0.528. The van der Waals surface area contributed by atoms with E-state index in [0.29, 0.717) is 18.7 Å². The first-order valence-corrected chi connectivity index (χ1v) is 10.8. The van der Waals surface area contributed by atoms with Crippen molar-refractivity contribution in [2.24, 2.45) is 0 Å². The van der Waals surface area contributed by atoms with Crippen LogP contribution in [0.1, 0.15) is 34.8 Å². The maximum absolute atomic E-state index is 13.3. The molecule has 0 N–H and O–H groups in total. The second kappa shape index (κ2) is 9.37. The number of rotatable bonds is 8. The van der Waals surface area contributed by atoms with E-state index < -0.39 is 0 Å². The molecule has 0 saturated carbocycles. The summed E-state index contributed by atoms with van der Waals surface area (Å²) in [5, 5.41) is 0.752. The average molecular weight is 412 g/mol. The molecule has 154 valence electrons. The highest BCUT2D eigenvalue weighted by atomic mass is 32.1. The average Bonchev–Trinajstić information content (AvgIpc) is 3.08. The van der Waals surface area contributed by atoms with Gasteiger partial charge in [0.2, 0.25) is 0 Å². The third kappa shape index (κ3) is 5.14. The second-order valence-corrected chi connectivity index (χ2v) is 8.48. The predicted octanol–water partition coefficient (Wildman–Crippen LogP) is 4.91. The Morgan fingerprint density at radius 3 is 2.41 bits per heavy atom. The first-order chi connectivity index (χ1) is 13.9. The fourth-order valence-electron chi connectivity index (χ4n) is 3.13. The van der Waals surface area contributed by atoms with Crippen molar-refractivity contribution in [2.75, 3.05) is 38.7 Å². The molecule has 0 saturated heterocycles. The number of thiazole rings is 1. The molecule has 0 aliphatic heterocycles. The molecule has 6 heteroatoms. The van der Waals surface area contributed by atoms with Crippen LogP contribution in [0.2, 0.25) is 0 Å². The molecule has 0 unspecified atom stereocenters. The number of nitrogens with zero attached hydrogens (tertiary/aromatic N) is 3. The predicted molar refractivity (Wildman–Crippen MR) is 122 cm³/mol. The van der Waals surface area contributed by atoms with Crippen molar-refractivity contribution in [1.29, 1.82) is 0 Å². The van der Waals surface area contributed by atoms with Gasteiger partial charge < -0.3 is 9.64 Å². The maximum Gasteiger partial charge on any atom is 0.260 e. The number of carbonyl (C=O) groups is 1. The Labute approximate surface area is 176 Å². The van der Waals surface area contributed by atoms with Gasteiger partial charge in [-0.05, 0) is 95.4 Å². The summed E-state index contributed by atoms with van der Waals surface area (Å²) < 4.78 is 6.61. The monoisotopic (exact) mass is 411 g/mol. The zero-order valence-corrected chi connectivity index (χ0v) is 18.7. The normalized spacial score (nSPS) is 11.2. The number of benzene rings is 2. The summed E-state index contributed by atoms with van der Waals surface area (Å²) >= 11 is 1.58. The summed E-state index contributed by atoms with van der Waals surface area (Å²) in [6.07, 6.45) is 0.879. The lowest BCUT2D eigenvalue weighted by atomic mass is 10.1. The third-order valence-corrected chi connectivity index (χ3v) is 5.91. The molecule has 5 nitrogen and oxygen atoms in total. The van der Waals surface area contributed by atoms with E-state index in [9.17, 15) is 4.79 Å². The van der Waals surface area contributed by atoms with E-state index in [1.165, 1.54) is 11.1 Å². The topological polar surface area (TPSA) is 45.7 Å². The van der Waals surface area contributed by atoms with Crippen LogP contribution in [0.5, 0.6) is 5.75 Å². The standard InChI is InChI=1S/C23H29N3O2S/c1-6-28-19-10-8-18(9-11-19)22(27)26(13-7-12-25(4)5)23-24-20-14-16(2)17(3)15-21(20)29-23/h8-11,14-15H,6-7,12-13H2,1-5H3. The number of aryl methyl sites for hydroxylation is 2. The molecule has 0 radical (unpaired) electrons. The first-order valence-electron chi connectivity index (χ1n) is 9.96. The Morgan fingerprint density at radius 2 is 1.76 bits per heavy atom. The fraction of sp³-hybridized carbons (Fsp3) is 0.391. The van der Waals surface area contributed by atoms with E-state index >= 15 is 0 Å². The van der Waals surface area contributed by atoms with Gasteiger partial charge in [0.25, 0.3) is 5.91 Å². The van der Waals surface area contributed by atoms with Crippen LogP contribution in [0.4, 0.5) is 5.13 Å². The van der Waals surface area contributed by atoms with E-state index in [2.05, 4.69) is 30.9 Å². The fourth-order valence-corrected chi connectivity index (χ4v) is 4.20. The highest BCUT2D eigenvalue weighted by Gasteiger charge is 2.21. The number of aromatic nitrogens is 1. The van der Waals surface area contributed by atoms with Gasteiger partial charge in [-0.3, -0.25) is 9.69 Å². The minimum Gasteiger partial charge on any atom is -0.494 e. The van der Waals surface area contributed by atoms with Crippen LogP contribution in [0.3, 0.4) is 0 Å². The number of ether oxygens (including phenoxy) is 1. The SMILES string of the molecule is CCOc1ccc(C(=O)N(CCCN(C)C)c2nc3cc(C)c(C)cc3s2)cc1. The summed E-state index contributed by atoms with van der Waals surface area (Å²) in [6.45, 7) is 8.29. The van der Waals surface area contributed by atoms with Gasteiger partial charge in [-0.1, -0.05) is 11.3 Å². The summed E-state index contributed by atoms with van der Waals surface area (Å²) in [5.41, 5.74) is 4.05. The van der Waals surface area contributed by atoms with Crippen molar-refractivity contribution in [3.8, 4) is 5.75 Å². The molecule has 3 aromatic rings. The van der Waals surface area contributed by atoms with Gasteiger partial charge in [0.05, 0.1) is 16.8 Å². The number of carbonyl (C=O) groups excluding carboxylic acids is 1. The Bertz CT molecular complexity index is 941. The van der Waals surface area contributed by atoms with Crippen LogP contribution in [0, 0.1) is 13.8 Å². The van der Waals surface area contributed by atoms with Gasteiger partial charge in [0.1, 0.15) is 5.75 Å². The zero-order valence-electron chi connectivity index (χ0n) is 17.9. The smallest absolute Gasteiger partial charge is 0.260 e. The van der Waals surface area contributed by atoms with Crippen LogP contribution in [-0.4, -0.2) is 49.6 Å². The second-order valence-electron chi connectivity index (χ2n) is 7.47. The van der Waals surface area contributed by atoms with Crippen molar-refractivity contribution in [3.63, 3.8) is 0 Å². The van der Waals surface area contributed by atoms with Gasteiger partial charge in [0.15, 0.2) is 5.13 Å². The first kappa shape index (κ1) is 21.3. The number of hydrogen-bond donors (Lipinski definition) is 0. The molecule has 29 heavy (non-hydrogen) atoms. The van der Waals surface area contributed by atoms with Gasteiger partial charge in [-0.2, -0.15) is 0 Å². The van der Waals surface area contributed by atoms with E-state index in [-0.39, 0.29) is 5.91 Å². The number of amides is 1. The van der Waals surface area contributed by atoms with Gasteiger partial charge in [-0.15, -0.1) is 0 Å². The van der Waals surface area contributed by atoms with Gasteiger partial charge in [-0.25, -0.2) is 4.98 Å². The molecule has 1 heterocycles. The van der Waals surface area contributed by atoms with Crippen LogP contribution >= 0.6 is 11.3 Å². The van der Waals surface area contributed by atoms with E-state index in [1.807, 2.05) is 50.2 Å². The molecule has 3 rings (SSSR count). The van der Waals surface area contributed by atoms with Crippen molar-refractivity contribution < 1.29 is 9.53 Å². The summed E-state index contributed by atoms with van der Waals surface area (Å²) in [7, 11) is 4.09. The van der Waals surface area contributed by atoms with Crippen molar-refractivity contribution in [1.82, 2.24) is 9.88 Å². The van der Waals surface area contributed by atoms with Gasteiger partial charge in [0, 0.05) is 12.1 Å². The Kier molecular flexibility index (Phi) is 6.87. The van der Waals surface area contributed by atoms with Crippen LogP contribution < -0.4 is 9.64 Å². The lowest BCUT2D eigenvalue weighted by Gasteiger charge is -2.21. The minimum absolute atomic E-state index is 0.0284. The molecule has 0 fully saturated rings. The molecule has 0 aliphatic carbocycles. The lowest BCUT2D eigenvalue weighted by molar-refractivity contribution is 0.0986. The minimum atomic E-state index is -0.0284. The van der Waals surface area contributed by atoms with Gasteiger partial charge >= 0.3 is 0 Å². The molecular weight excluding hydrogens is 382 g/mol. The number of fused-ring (bicyclic) bond motifs is 1. The third-order valence-electron chi connectivity index (χ3n) is 4.87. The molecule has 0 aliphatic rings. The summed E-state index contributed by atoms with van der Waals surface area (Å²) in [5.74, 6) is 0.744. The number of hydrogen-bond acceptors (Lipinski definition) is 5.